The number of hydrogen-bond donors (Lipinski definition) is 0. The minimum Gasteiger partial charge on any atom is -0.382 e. The van der Waals surface area contributed by atoms with Gasteiger partial charge in [-0.3, -0.25) is 24.1 Å². The second-order valence-electron chi connectivity index (χ2n) is 6.22. The summed E-state index contributed by atoms with van der Waals surface area (Å²) < 4.78 is 5.13. The van der Waals surface area contributed by atoms with Crippen LogP contribution in [0.3, 0.4) is 0 Å². The quantitative estimate of drug-likeness (QED) is 0.616. The van der Waals surface area contributed by atoms with E-state index in [1.807, 2.05) is 6.92 Å². The zero-order chi connectivity index (χ0) is 17.7. The van der Waals surface area contributed by atoms with Gasteiger partial charge in [0.25, 0.3) is 0 Å². The molecule has 8 heteroatoms. The fourth-order valence-corrected chi connectivity index (χ4v) is 2.84. The van der Waals surface area contributed by atoms with Crippen molar-refractivity contribution in [3.05, 3.63) is 0 Å². The second-order valence-corrected chi connectivity index (χ2v) is 6.22. The number of rotatable bonds is 6. The van der Waals surface area contributed by atoms with Gasteiger partial charge in [0.05, 0.1) is 6.10 Å². The smallest absolute Gasteiger partial charge is 0.242 e. The van der Waals surface area contributed by atoms with Crippen molar-refractivity contribution in [2.24, 2.45) is 0 Å². The molecule has 2 saturated heterocycles. The third-order valence-electron chi connectivity index (χ3n) is 4.60. The van der Waals surface area contributed by atoms with Gasteiger partial charge in [-0.1, -0.05) is 0 Å². The van der Waals surface area contributed by atoms with E-state index in [-0.39, 0.29) is 49.1 Å². The molecular weight excluding hydrogens is 314 g/mol. The van der Waals surface area contributed by atoms with Gasteiger partial charge in [0.1, 0.15) is 6.54 Å². The molecule has 2 rings (SSSR count). The summed E-state index contributed by atoms with van der Waals surface area (Å²) in [5, 5.41) is 0. The van der Waals surface area contributed by atoms with Crippen molar-refractivity contribution >= 4 is 23.6 Å². The van der Waals surface area contributed by atoms with Crippen molar-refractivity contribution in [2.75, 3.05) is 39.8 Å². The summed E-state index contributed by atoms with van der Waals surface area (Å²) in [6.07, 6.45) is 1.53. The molecule has 0 spiro atoms. The normalized spacial score (nSPS) is 19.8. The van der Waals surface area contributed by atoms with Gasteiger partial charge in [-0.25, -0.2) is 0 Å². The fraction of sp³-hybridized carbons (Fsp3) is 0.750. The highest BCUT2D eigenvalue weighted by atomic mass is 16.5. The van der Waals surface area contributed by atoms with Gasteiger partial charge in [-0.15, -0.1) is 0 Å². The van der Waals surface area contributed by atoms with Crippen LogP contribution in [-0.4, -0.2) is 84.3 Å². The number of nitrogens with zero attached hydrogens (tertiary/aromatic N) is 3. The summed E-state index contributed by atoms with van der Waals surface area (Å²) in [4.78, 5) is 51.9. The lowest BCUT2D eigenvalue weighted by atomic mass is 10.2. The second kappa shape index (κ2) is 8.23. The van der Waals surface area contributed by atoms with E-state index in [1.54, 1.807) is 16.9 Å². The lowest BCUT2D eigenvalue weighted by molar-refractivity contribution is -0.147. The van der Waals surface area contributed by atoms with E-state index >= 15 is 0 Å². The third-order valence-corrected chi connectivity index (χ3v) is 4.60. The van der Waals surface area contributed by atoms with E-state index in [2.05, 4.69) is 0 Å². The van der Waals surface area contributed by atoms with Crippen LogP contribution in [0, 0.1) is 0 Å². The van der Waals surface area contributed by atoms with Gasteiger partial charge in [0.15, 0.2) is 0 Å². The maximum Gasteiger partial charge on any atom is 0.242 e. The fourth-order valence-electron chi connectivity index (χ4n) is 2.84. The number of carbonyl (C=O) groups excluding carboxylic acids is 4. The lowest BCUT2D eigenvalue weighted by Gasteiger charge is -2.35. The van der Waals surface area contributed by atoms with E-state index in [0.29, 0.717) is 39.0 Å². The van der Waals surface area contributed by atoms with Gasteiger partial charge < -0.3 is 14.5 Å². The first-order valence-corrected chi connectivity index (χ1v) is 8.34. The van der Waals surface area contributed by atoms with Crippen molar-refractivity contribution < 1.29 is 23.9 Å². The van der Waals surface area contributed by atoms with Crippen LogP contribution in [0.25, 0.3) is 0 Å². The van der Waals surface area contributed by atoms with Crippen LogP contribution in [0.2, 0.25) is 0 Å². The number of hydrogen-bond acceptors (Lipinski definition) is 5. The van der Waals surface area contributed by atoms with Crippen molar-refractivity contribution in [3.8, 4) is 0 Å². The number of methoxy groups -OCH3 is 1. The van der Waals surface area contributed by atoms with Gasteiger partial charge >= 0.3 is 0 Å². The summed E-state index contributed by atoms with van der Waals surface area (Å²) in [6.45, 7) is 3.56. The van der Waals surface area contributed by atoms with Gasteiger partial charge in [-0.05, 0) is 13.3 Å². The van der Waals surface area contributed by atoms with Crippen molar-refractivity contribution in [3.63, 3.8) is 0 Å². The molecule has 2 aliphatic rings. The SMILES string of the molecule is COC(C)CCC(=O)N1CCN(C(=O)CN2C(=O)CCC2=O)CC1. The molecule has 2 fully saturated rings. The Morgan fingerprint density at radius 1 is 1.00 bits per heavy atom. The van der Waals surface area contributed by atoms with E-state index in [9.17, 15) is 19.2 Å². The molecule has 2 heterocycles. The molecule has 0 N–H and O–H groups in total. The van der Waals surface area contributed by atoms with Crippen LogP contribution in [0.1, 0.15) is 32.6 Å². The van der Waals surface area contributed by atoms with Crippen molar-refractivity contribution in [2.45, 2.75) is 38.7 Å². The average molecular weight is 339 g/mol. The van der Waals surface area contributed by atoms with Crippen LogP contribution in [-0.2, 0) is 23.9 Å². The minimum absolute atomic E-state index is 0.0485. The van der Waals surface area contributed by atoms with Crippen LogP contribution >= 0.6 is 0 Å². The van der Waals surface area contributed by atoms with Gasteiger partial charge in [0.2, 0.25) is 23.6 Å². The van der Waals surface area contributed by atoms with E-state index in [4.69, 9.17) is 4.74 Å². The maximum absolute atomic E-state index is 12.2. The predicted octanol–water partition coefficient (Wildman–Crippen LogP) is -0.379. The monoisotopic (exact) mass is 339 g/mol. The molecule has 4 amide bonds. The van der Waals surface area contributed by atoms with Crippen molar-refractivity contribution in [1.82, 2.24) is 14.7 Å². The van der Waals surface area contributed by atoms with Gasteiger partial charge in [-0.2, -0.15) is 0 Å². The van der Waals surface area contributed by atoms with E-state index in [1.165, 1.54) is 0 Å². The molecule has 0 aromatic heterocycles. The topological polar surface area (TPSA) is 87.2 Å². The lowest BCUT2D eigenvalue weighted by Crippen LogP contribution is -2.53. The molecule has 0 bridgehead atoms. The Morgan fingerprint density at radius 3 is 2.00 bits per heavy atom. The molecule has 1 atom stereocenters. The zero-order valence-electron chi connectivity index (χ0n) is 14.3. The largest absolute Gasteiger partial charge is 0.382 e. The van der Waals surface area contributed by atoms with Crippen LogP contribution < -0.4 is 0 Å². The number of ether oxygens (including phenoxy) is 1. The molecule has 0 radical (unpaired) electrons. The number of carbonyl (C=O) groups is 4. The van der Waals surface area contributed by atoms with Gasteiger partial charge in [0, 0.05) is 52.6 Å². The maximum atomic E-state index is 12.2. The van der Waals surface area contributed by atoms with Crippen LogP contribution in [0.15, 0.2) is 0 Å². The molecule has 0 aliphatic carbocycles. The molecule has 0 aromatic rings. The summed E-state index contributed by atoms with van der Waals surface area (Å²) in [6, 6.07) is 0. The first-order valence-electron chi connectivity index (χ1n) is 8.34. The molecule has 1 unspecified atom stereocenters. The Kier molecular flexibility index (Phi) is 6.30. The molecule has 0 aromatic carbocycles. The zero-order valence-corrected chi connectivity index (χ0v) is 14.3. The third kappa shape index (κ3) is 4.53. The first kappa shape index (κ1) is 18.4. The van der Waals surface area contributed by atoms with Crippen molar-refractivity contribution in [1.29, 1.82) is 0 Å². The summed E-state index contributed by atoms with van der Waals surface area (Å²) in [5.74, 6) is -0.738. The molecule has 2 aliphatic heterocycles. The standard InChI is InChI=1S/C16H25N3O5/c1-12(24-2)3-4-13(20)17-7-9-18(10-8-17)16(23)11-19-14(21)5-6-15(19)22/h12H,3-11H2,1-2H3. The Labute approximate surface area is 141 Å². The highest BCUT2D eigenvalue weighted by molar-refractivity contribution is 6.04. The average Bonchev–Trinajstić information content (AvgIpc) is 2.91. The van der Waals surface area contributed by atoms with E-state index in [0.717, 1.165) is 4.90 Å². The molecule has 8 nitrogen and oxygen atoms in total. The van der Waals surface area contributed by atoms with E-state index < -0.39 is 0 Å². The predicted molar refractivity (Wildman–Crippen MR) is 84.8 cm³/mol. The highest BCUT2D eigenvalue weighted by Gasteiger charge is 2.32. The first-order chi connectivity index (χ1) is 11.4. The Morgan fingerprint density at radius 2 is 1.50 bits per heavy atom. The number of piperazine rings is 1. The molecular formula is C16H25N3O5. The summed E-state index contributed by atoms with van der Waals surface area (Å²) in [7, 11) is 1.62. The molecule has 24 heavy (non-hydrogen) atoms. The van der Waals surface area contributed by atoms with Crippen LogP contribution in [0.5, 0.6) is 0 Å². The Hall–Kier alpha value is -1.96. The molecule has 0 saturated carbocycles. The number of amides is 4. The molecule has 134 valence electrons. The minimum atomic E-state index is -0.283. The Balaban J connectivity index is 1.75. The number of likely N-dealkylation sites (tertiary alicyclic amines) is 1. The summed E-state index contributed by atoms with van der Waals surface area (Å²) >= 11 is 0. The Bertz CT molecular complexity index is 498. The van der Waals surface area contributed by atoms with Crippen LogP contribution in [0.4, 0.5) is 0 Å². The summed E-state index contributed by atoms with van der Waals surface area (Å²) in [5.41, 5.74) is 0. The number of imide groups is 1. The highest BCUT2D eigenvalue weighted by Crippen LogP contribution is 2.13.